The average molecular weight is 335 g/mol. The second-order valence-corrected chi connectivity index (χ2v) is 5.08. The number of hydrogen-bond acceptors (Lipinski definition) is 1. The van der Waals surface area contributed by atoms with Crippen molar-refractivity contribution in [1.82, 2.24) is 0 Å². The number of benzene rings is 1. The van der Waals surface area contributed by atoms with Gasteiger partial charge in [0.15, 0.2) is 0 Å². The standard InChI is InChI=1S/C11H13Br2NO/c1-8(7-12)6-11(15)14-10-4-2-9(13)3-5-10/h2-5,8H,6-7H2,1H3,(H,14,15)/t8-/m1/s1. The number of anilines is 1. The molecule has 0 radical (unpaired) electrons. The SMILES string of the molecule is C[C@@H](CBr)CC(=O)Nc1ccc(Br)cc1. The Morgan fingerprint density at radius 1 is 1.40 bits per heavy atom. The molecule has 0 fully saturated rings. The van der Waals surface area contributed by atoms with Crippen LogP contribution in [-0.4, -0.2) is 11.2 Å². The fourth-order valence-corrected chi connectivity index (χ4v) is 1.61. The van der Waals surface area contributed by atoms with Gasteiger partial charge in [0.2, 0.25) is 5.91 Å². The molecule has 0 saturated carbocycles. The van der Waals surface area contributed by atoms with Gasteiger partial charge in [0.25, 0.3) is 0 Å². The highest BCUT2D eigenvalue weighted by atomic mass is 79.9. The second-order valence-electron chi connectivity index (χ2n) is 3.52. The summed E-state index contributed by atoms with van der Waals surface area (Å²) in [7, 11) is 0. The summed E-state index contributed by atoms with van der Waals surface area (Å²) >= 11 is 6.70. The molecule has 0 unspecified atom stereocenters. The van der Waals surface area contributed by atoms with Crippen LogP contribution in [0.4, 0.5) is 5.69 Å². The summed E-state index contributed by atoms with van der Waals surface area (Å²) in [5.74, 6) is 0.421. The minimum Gasteiger partial charge on any atom is -0.326 e. The molecule has 1 N–H and O–H groups in total. The van der Waals surface area contributed by atoms with Gasteiger partial charge in [0.1, 0.15) is 0 Å². The van der Waals surface area contributed by atoms with Gasteiger partial charge in [-0.3, -0.25) is 4.79 Å². The third-order valence-electron chi connectivity index (χ3n) is 1.93. The monoisotopic (exact) mass is 333 g/mol. The van der Waals surface area contributed by atoms with Gasteiger partial charge in [-0.1, -0.05) is 38.8 Å². The van der Waals surface area contributed by atoms with E-state index in [0.717, 1.165) is 15.5 Å². The first-order valence-corrected chi connectivity index (χ1v) is 6.64. The summed E-state index contributed by atoms with van der Waals surface area (Å²) in [6.07, 6.45) is 0.543. The van der Waals surface area contributed by atoms with Crippen LogP contribution in [0.1, 0.15) is 13.3 Å². The van der Waals surface area contributed by atoms with Crippen LogP contribution >= 0.6 is 31.9 Å². The van der Waals surface area contributed by atoms with Gasteiger partial charge in [-0.2, -0.15) is 0 Å². The van der Waals surface area contributed by atoms with E-state index in [1.165, 1.54) is 0 Å². The molecule has 82 valence electrons. The van der Waals surface area contributed by atoms with E-state index in [1.54, 1.807) is 0 Å². The topological polar surface area (TPSA) is 29.1 Å². The number of amides is 1. The quantitative estimate of drug-likeness (QED) is 0.833. The fraction of sp³-hybridized carbons (Fsp3) is 0.364. The molecule has 0 aliphatic carbocycles. The number of alkyl halides is 1. The zero-order valence-corrected chi connectivity index (χ0v) is 11.6. The van der Waals surface area contributed by atoms with E-state index in [2.05, 4.69) is 37.2 Å². The molecule has 4 heteroatoms. The maximum absolute atomic E-state index is 11.5. The normalized spacial score (nSPS) is 12.2. The van der Waals surface area contributed by atoms with E-state index in [1.807, 2.05) is 31.2 Å². The minimum absolute atomic E-state index is 0.0595. The Morgan fingerprint density at radius 2 is 2.00 bits per heavy atom. The number of halogens is 2. The Balaban J connectivity index is 2.48. The molecule has 0 bridgehead atoms. The Labute approximate surface area is 107 Å². The van der Waals surface area contributed by atoms with E-state index >= 15 is 0 Å². The highest BCUT2D eigenvalue weighted by Gasteiger charge is 2.07. The number of nitrogens with one attached hydrogen (secondary N) is 1. The molecule has 0 aromatic heterocycles. The van der Waals surface area contributed by atoms with E-state index in [4.69, 9.17) is 0 Å². The minimum atomic E-state index is 0.0595. The number of hydrogen-bond donors (Lipinski definition) is 1. The molecule has 1 amide bonds. The molecule has 0 heterocycles. The van der Waals surface area contributed by atoms with Crippen LogP contribution in [0, 0.1) is 5.92 Å². The Kier molecular flexibility index (Phi) is 5.32. The van der Waals surface area contributed by atoms with E-state index < -0.39 is 0 Å². The first-order chi connectivity index (χ1) is 7.11. The second kappa shape index (κ2) is 6.28. The van der Waals surface area contributed by atoms with Gasteiger partial charge in [-0.05, 0) is 30.2 Å². The summed E-state index contributed by atoms with van der Waals surface area (Å²) in [6.45, 7) is 2.04. The van der Waals surface area contributed by atoms with Crippen LogP contribution in [0.25, 0.3) is 0 Å². The summed E-state index contributed by atoms with van der Waals surface area (Å²) in [5.41, 5.74) is 0.838. The molecule has 0 saturated heterocycles. The molecule has 1 atom stereocenters. The lowest BCUT2D eigenvalue weighted by molar-refractivity contribution is -0.116. The maximum Gasteiger partial charge on any atom is 0.224 e. The lowest BCUT2D eigenvalue weighted by Crippen LogP contribution is -2.15. The van der Waals surface area contributed by atoms with Crippen molar-refractivity contribution in [2.24, 2.45) is 5.92 Å². The summed E-state index contributed by atoms with van der Waals surface area (Å²) in [4.78, 5) is 11.5. The molecule has 15 heavy (non-hydrogen) atoms. The Hall–Kier alpha value is -0.350. The first-order valence-electron chi connectivity index (χ1n) is 4.73. The third kappa shape index (κ3) is 4.80. The van der Waals surface area contributed by atoms with E-state index in [9.17, 15) is 4.79 Å². The summed E-state index contributed by atoms with van der Waals surface area (Å²) in [5, 5.41) is 3.70. The van der Waals surface area contributed by atoms with E-state index in [0.29, 0.717) is 12.3 Å². The van der Waals surface area contributed by atoms with Crippen molar-refractivity contribution in [3.63, 3.8) is 0 Å². The predicted octanol–water partition coefficient (Wildman–Crippen LogP) is 3.81. The van der Waals surface area contributed by atoms with Crippen molar-refractivity contribution in [1.29, 1.82) is 0 Å². The third-order valence-corrected chi connectivity index (χ3v) is 3.56. The summed E-state index contributed by atoms with van der Waals surface area (Å²) < 4.78 is 1.01. The largest absolute Gasteiger partial charge is 0.326 e. The maximum atomic E-state index is 11.5. The van der Waals surface area contributed by atoms with Crippen LogP contribution in [-0.2, 0) is 4.79 Å². The van der Waals surface area contributed by atoms with Crippen molar-refractivity contribution >= 4 is 43.5 Å². The lowest BCUT2D eigenvalue weighted by atomic mass is 10.1. The van der Waals surface area contributed by atoms with Crippen LogP contribution in [0.2, 0.25) is 0 Å². The predicted molar refractivity (Wildman–Crippen MR) is 70.3 cm³/mol. The fourth-order valence-electron chi connectivity index (χ4n) is 1.12. The van der Waals surface area contributed by atoms with Crippen molar-refractivity contribution < 1.29 is 4.79 Å². The average Bonchev–Trinajstić information content (AvgIpc) is 2.21. The van der Waals surface area contributed by atoms with Crippen LogP contribution in [0.3, 0.4) is 0 Å². The lowest BCUT2D eigenvalue weighted by Gasteiger charge is -2.08. The van der Waals surface area contributed by atoms with Crippen LogP contribution in [0.5, 0.6) is 0 Å². The first kappa shape index (κ1) is 12.7. The molecule has 1 rings (SSSR count). The molecular weight excluding hydrogens is 322 g/mol. The Bertz CT molecular complexity index is 324. The molecule has 0 aliphatic rings. The molecular formula is C11H13Br2NO. The molecule has 0 aliphatic heterocycles. The van der Waals surface area contributed by atoms with Gasteiger partial charge in [0, 0.05) is 21.9 Å². The number of carbonyl (C=O) groups is 1. The van der Waals surface area contributed by atoms with Crippen LogP contribution in [0.15, 0.2) is 28.7 Å². The van der Waals surface area contributed by atoms with Gasteiger partial charge in [-0.15, -0.1) is 0 Å². The van der Waals surface area contributed by atoms with Crippen molar-refractivity contribution in [2.45, 2.75) is 13.3 Å². The highest BCUT2D eigenvalue weighted by Crippen LogP contribution is 2.15. The summed E-state index contributed by atoms with van der Waals surface area (Å²) in [6, 6.07) is 7.56. The van der Waals surface area contributed by atoms with E-state index in [-0.39, 0.29) is 5.91 Å². The molecule has 2 nitrogen and oxygen atoms in total. The molecule has 1 aromatic rings. The molecule has 0 spiro atoms. The number of carbonyl (C=O) groups excluding carboxylic acids is 1. The van der Waals surface area contributed by atoms with Crippen molar-refractivity contribution in [3.8, 4) is 0 Å². The Morgan fingerprint density at radius 3 is 2.53 bits per heavy atom. The molecule has 1 aromatic carbocycles. The number of rotatable bonds is 4. The van der Waals surface area contributed by atoms with Crippen LogP contribution < -0.4 is 5.32 Å². The smallest absolute Gasteiger partial charge is 0.224 e. The zero-order valence-electron chi connectivity index (χ0n) is 8.47. The van der Waals surface area contributed by atoms with Crippen molar-refractivity contribution in [2.75, 3.05) is 10.6 Å². The van der Waals surface area contributed by atoms with Gasteiger partial charge >= 0.3 is 0 Å². The zero-order chi connectivity index (χ0) is 11.3. The van der Waals surface area contributed by atoms with Gasteiger partial charge in [0.05, 0.1) is 0 Å². The van der Waals surface area contributed by atoms with Crippen molar-refractivity contribution in [3.05, 3.63) is 28.7 Å². The van der Waals surface area contributed by atoms with Gasteiger partial charge < -0.3 is 5.32 Å². The van der Waals surface area contributed by atoms with Gasteiger partial charge in [-0.25, -0.2) is 0 Å². The highest BCUT2D eigenvalue weighted by molar-refractivity contribution is 9.10.